The Morgan fingerprint density at radius 2 is 1.62 bits per heavy atom. The van der Waals surface area contributed by atoms with Gasteiger partial charge in [0.2, 0.25) is 0 Å². The monoisotopic (exact) mass is 384 g/mol. The summed E-state index contributed by atoms with van der Waals surface area (Å²) < 4.78 is 2.30. The zero-order valence-corrected chi connectivity index (χ0v) is 17.6. The second-order valence-electron chi connectivity index (χ2n) is 9.70. The highest BCUT2D eigenvalue weighted by Crippen LogP contribution is 2.38. The summed E-state index contributed by atoms with van der Waals surface area (Å²) in [7, 11) is 0. The molecule has 1 saturated heterocycles. The Hall–Kier alpha value is -2.72. The number of piperidine rings is 1. The number of aromatic nitrogens is 3. The highest BCUT2D eigenvalue weighted by atomic mass is 15.2. The van der Waals surface area contributed by atoms with Crippen LogP contribution < -0.4 is 5.32 Å². The summed E-state index contributed by atoms with van der Waals surface area (Å²) in [4.78, 5) is 9.57. The van der Waals surface area contributed by atoms with Crippen LogP contribution in [0.2, 0.25) is 0 Å². The van der Waals surface area contributed by atoms with Crippen molar-refractivity contribution in [1.82, 2.24) is 19.9 Å². The lowest BCUT2D eigenvalue weighted by atomic mass is 9.79. The van der Waals surface area contributed by atoms with E-state index in [-0.39, 0.29) is 11.1 Å². The lowest BCUT2D eigenvalue weighted by Gasteiger charge is -2.46. The smallest absolute Gasteiger partial charge is 0.160 e. The molecule has 0 spiro atoms. The molecule has 2 aromatic carbocycles. The van der Waals surface area contributed by atoms with Crippen LogP contribution in [-0.4, -0.2) is 25.6 Å². The predicted octanol–water partition coefficient (Wildman–Crippen LogP) is 5.73. The fourth-order valence-corrected chi connectivity index (χ4v) is 5.26. The van der Waals surface area contributed by atoms with E-state index in [9.17, 15) is 0 Å². The molecule has 0 saturated carbocycles. The fourth-order valence-electron chi connectivity index (χ4n) is 5.26. The van der Waals surface area contributed by atoms with Gasteiger partial charge in [0.05, 0.1) is 6.33 Å². The van der Waals surface area contributed by atoms with Gasteiger partial charge < -0.3 is 9.88 Å². The van der Waals surface area contributed by atoms with Crippen molar-refractivity contribution < 1.29 is 0 Å². The summed E-state index contributed by atoms with van der Waals surface area (Å²) in [5.74, 6) is 0. The highest BCUT2D eigenvalue weighted by molar-refractivity contribution is 5.94. The molecule has 0 bridgehead atoms. The molecule has 4 heteroatoms. The van der Waals surface area contributed by atoms with E-state index in [1.54, 1.807) is 0 Å². The number of hydrogen-bond acceptors (Lipinski definition) is 3. The lowest BCUT2D eigenvalue weighted by Crippen LogP contribution is -2.57. The maximum atomic E-state index is 4.83. The van der Waals surface area contributed by atoms with Crippen LogP contribution in [0.5, 0.6) is 0 Å². The largest absolute Gasteiger partial charge is 0.312 e. The molecule has 0 atom stereocenters. The van der Waals surface area contributed by atoms with Crippen molar-refractivity contribution >= 4 is 21.9 Å². The first-order valence-electron chi connectivity index (χ1n) is 10.4. The minimum Gasteiger partial charge on any atom is -0.312 e. The molecule has 148 valence electrons. The van der Waals surface area contributed by atoms with Crippen molar-refractivity contribution in [3.8, 4) is 11.1 Å². The zero-order chi connectivity index (χ0) is 20.2. The van der Waals surface area contributed by atoms with Crippen LogP contribution in [0.3, 0.4) is 0 Å². The Kier molecular flexibility index (Phi) is 4.04. The van der Waals surface area contributed by atoms with Crippen LogP contribution in [0.25, 0.3) is 33.1 Å². The maximum Gasteiger partial charge on any atom is 0.160 e. The lowest BCUT2D eigenvalue weighted by molar-refractivity contribution is 0.134. The Morgan fingerprint density at radius 3 is 2.38 bits per heavy atom. The van der Waals surface area contributed by atoms with Gasteiger partial charge in [-0.25, -0.2) is 9.97 Å². The van der Waals surface area contributed by atoms with E-state index < -0.39 is 0 Å². The standard InChI is InChI=1S/C25H28N4/c1-24(2)14-20(15-25(3,4)28-24)29-16-27-22-21(11-12-26-23(22)29)19-10-9-17-7-5-6-8-18(17)13-19/h5-13,16,20,28H,14-15H2,1-4H3. The first-order chi connectivity index (χ1) is 13.8. The minimum absolute atomic E-state index is 0.0823. The number of hydrogen-bond donors (Lipinski definition) is 1. The van der Waals surface area contributed by atoms with Crippen LogP contribution in [-0.2, 0) is 0 Å². The van der Waals surface area contributed by atoms with E-state index >= 15 is 0 Å². The quantitative estimate of drug-likeness (QED) is 0.480. The first kappa shape index (κ1) is 18.3. The molecule has 2 aromatic heterocycles. The van der Waals surface area contributed by atoms with E-state index in [1.165, 1.54) is 16.3 Å². The molecule has 0 unspecified atom stereocenters. The highest BCUT2D eigenvalue weighted by Gasteiger charge is 2.38. The SMILES string of the molecule is CC1(C)CC(n2cnc3c(-c4ccc5ccccc5c4)ccnc32)CC(C)(C)N1. The normalized spacial score (nSPS) is 19.0. The third-order valence-electron chi connectivity index (χ3n) is 6.08. The summed E-state index contributed by atoms with van der Waals surface area (Å²) in [6.45, 7) is 9.14. The summed E-state index contributed by atoms with van der Waals surface area (Å²) in [5.41, 5.74) is 4.46. The van der Waals surface area contributed by atoms with Crippen molar-refractivity contribution in [2.24, 2.45) is 0 Å². The minimum atomic E-state index is 0.0823. The predicted molar refractivity (Wildman–Crippen MR) is 120 cm³/mol. The number of fused-ring (bicyclic) bond motifs is 2. The van der Waals surface area contributed by atoms with Gasteiger partial charge in [0.15, 0.2) is 5.65 Å². The second kappa shape index (κ2) is 6.39. The van der Waals surface area contributed by atoms with Gasteiger partial charge in [-0.15, -0.1) is 0 Å². The summed E-state index contributed by atoms with van der Waals surface area (Å²) in [6, 6.07) is 17.6. The van der Waals surface area contributed by atoms with Crippen molar-refractivity contribution in [1.29, 1.82) is 0 Å². The Morgan fingerprint density at radius 1 is 0.897 bits per heavy atom. The molecule has 4 aromatic rings. The molecule has 1 fully saturated rings. The summed E-state index contributed by atoms with van der Waals surface area (Å²) >= 11 is 0. The Labute approximate surface area is 172 Å². The molecule has 29 heavy (non-hydrogen) atoms. The van der Waals surface area contributed by atoms with E-state index in [0.717, 1.165) is 29.6 Å². The number of nitrogens with zero attached hydrogens (tertiary/aromatic N) is 3. The van der Waals surface area contributed by atoms with Crippen molar-refractivity contribution in [3.63, 3.8) is 0 Å². The average molecular weight is 385 g/mol. The molecule has 4 nitrogen and oxygen atoms in total. The van der Waals surface area contributed by atoms with Crippen LogP contribution in [0.4, 0.5) is 0 Å². The zero-order valence-electron chi connectivity index (χ0n) is 17.6. The molecule has 1 aliphatic heterocycles. The summed E-state index contributed by atoms with van der Waals surface area (Å²) in [5, 5.41) is 6.27. The summed E-state index contributed by atoms with van der Waals surface area (Å²) in [6.07, 6.45) is 6.03. The first-order valence-corrected chi connectivity index (χ1v) is 10.4. The molecular weight excluding hydrogens is 356 g/mol. The van der Waals surface area contributed by atoms with Gasteiger partial charge in [0.1, 0.15) is 5.52 Å². The van der Waals surface area contributed by atoms with Crippen LogP contribution in [0.1, 0.15) is 46.6 Å². The third-order valence-corrected chi connectivity index (χ3v) is 6.08. The van der Waals surface area contributed by atoms with Crippen molar-refractivity contribution in [2.45, 2.75) is 57.7 Å². The van der Waals surface area contributed by atoms with Gasteiger partial charge in [0.25, 0.3) is 0 Å². The number of nitrogens with one attached hydrogen (secondary N) is 1. The second-order valence-corrected chi connectivity index (χ2v) is 9.70. The van der Waals surface area contributed by atoms with Crippen LogP contribution >= 0.6 is 0 Å². The molecule has 3 heterocycles. The van der Waals surface area contributed by atoms with Gasteiger partial charge in [-0.05, 0) is 69.0 Å². The van der Waals surface area contributed by atoms with Crippen molar-refractivity contribution in [3.05, 3.63) is 61.1 Å². The van der Waals surface area contributed by atoms with E-state index in [1.807, 2.05) is 12.5 Å². The van der Waals surface area contributed by atoms with Crippen LogP contribution in [0.15, 0.2) is 61.1 Å². The average Bonchev–Trinajstić information content (AvgIpc) is 3.09. The molecular formula is C25H28N4. The number of pyridine rings is 1. The fraction of sp³-hybridized carbons (Fsp3) is 0.360. The molecule has 0 radical (unpaired) electrons. The number of benzene rings is 2. The molecule has 1 N–H and O–H groups in total. The topological polar surface area (TPSA) is 42.7 Å². The van der Waals surface area contributed by atoms with E-state index in [4.69, 9.17) is 9.97 Å². The Bertz CT molecular complexity index is 1190. The molecule has 0 aliphatic carbocycles. The van der Waals surface area contributed by atoms with Gasteiger partial charge in [-0.3, -0.25) is 0 Å². The van der Waals surface area contributed by atoms with Gasteiger partial charge in [-0.2, -0.15) is 0 Å². The van der Waals surface area contributed by atoms with Crippen LogP contribution in [0, 0.1) is 0 Å². The van der Waals surface area contributed by atoms with Gasteiger partial charge >= 0.3 is 0 Å². The number of rotatable bonds is 2. The Balaban J connectivity index is 1.61. The molecule has 5 rings (SSSR count). The molecule has 0 amide bonds. The number of imidazole rings is 1. The maximum absolute atomic E-state index is 4.83. The van der Waals surface area contributed by atoms with Gasteiger partial charge in [-0.1, -0.05) is 36.4 Å². The molecule has 1 aliphatic rings. The van der Waals surface area contributed by atoms with Gasteiger partial charge in [0, 0.05) is 28.9 Å². The van der Waals surface area contributed by atoms with E-state index in [2.05, 4.69) is 86.1 Å². The van der Waals surface area contributed by atoms with Crippen molar-refractivity contribution in [2.75, 3.05) is 0 Å². The third kappa shape index (κ3) is 3.32. The van der Waals surface area contributed by atoms with E-state index in [0.29, 0.717) is 6.04 Å².